The van der Waals surface area contributed by atoms with Crippen molar-refractivity contribution in [2.24, 2.45) is 5.92 Å². The number of piperidine rings is 1. The van der Waals surface area contributed by atoms with Crippen LogP contribution < -0.4 is 5.32 Å². The predicted octanol–water partition coefficient (Wildman–Crippen LogP) is 3.62. The molecule has 0 amide bonds. The molecule has 2 atom stereocenters. The van der Waals surface area contributed by atoms with Gasteiger partial charge in [0.15, 0.2) is 0 Å². The van der Waals surface area contributed by atoms with Crippen LogP contribution in [0.25, 0.3) is 0 Å². The molecule has 1 aromatic carbocycles. The van der Waals surface area contributed by atoms with Gasteiger partial charge in [-0.15, -0.1) is 0 Å². The second kappa shape index (κ2) is 5.68. The lowest BCUT2D eigenvalue weighted by Crippen LogP contribution is -2.39. The topological polar surface area (TPSA) is 12.0 Å². The van der Waals surface area contributed by atoms with Gasteiger partial charge in [0.25, 0.3) is 0 Å². The van der Waals surface area contributed by atoms with E-state index in [0.29, 0.717) is 6.04 Å². The van der Waals surface area contributed by atoms with E-state index < -0.39 is 0 Å². The molecule has 0 spiro atoms. The van der Waals surface area contributed by atoms with Gasteiger partial charge in [-0.05, 0) is 51.1 Å². The Kier molecular flexibility index (Phi) is 4.22. The highest BCUT2D eigenvalue weighted by Crippen LogP contribution is 2.22. The summed E-state index contributed by atoms with van der Waals surface area (Å²) in [7, 11) is 0. The third kappa shape index (κ3) is 3.57. The Bertz CT molecular complexity index is 350. The number of rotatable bonds is 3. The van der Waals surface area contributed by atoms with Gasteiger partial charge >= 0.3 is 0 Å². The van der Waals surface area contributed by atoms with Crippen molar-refractivity contribution in [2.75, 3.05) is 6.54 Å². The molecule has 0 aromatic heterocycles. The molecule has 1 aliphatic rings. The summed E-state index contributed by atoms with van der Waals surface area (Å²) in [6.45, 7) is 7.91. The Morgan fingerprint density at radius 2 is 1.88 bits per heavy atom. The summed E-state index contributed by atoms with van der Waals surface area (Å²) in [5.74, 6) is 0.937. The quantitative estimate of drug-likeness (QED) is 0.837. The molecule has 1 aromatic rings. The molecular weight excluding hydrogens is 206 g/mol. The second-order valence-electron chi connectivity index (χ2n) is 5.65. The minimum absolute atomic E-state index is 0.690. The molecular formula is C16H25N. The third-order valence-corrected chi connectivity index (χ3v) is 3.94. The summed E-state index contributed by atoms with van der Waals surface area (Å²) in [6.07, 6.45) is 5.24. The zero-order valence-electron chi connectivity index (χ0n) is 11.4. The number of benzene rings is 1. The molecule has 2 rings (SSSR count). The van der Waals surface area contributed by atoms with E-state index in [1.54, 1.807) is 0 Å². The van der Waals surface area contributed by atoms with E-state index in [1.807, 2.05) is 0 Å². The van der Waals surface area contributed by atoms with E-state index in [0.717, 1.165) is 5.92 Å². The maximum absolute atomic E-state index is 3.67. The summed E-state index contributed by atoms with van der Waals surface area (Å²) in [6, 6.07) is 7.62. The van der Waals surface area contributed by atoms with E-state index in [2.05, 4.69) is 44.3 Å². The van der Waals surface area contributed by atoms with Crippen molar-refractivity contribution < 1.29 is 0 Å². The van der Waals surface area contributed by atoms with Crippen LogP contribution in [0.5, 0.6) is 0 Å². The fraction of sp³-hybridized carbons (Fsp3) is 0.625. The zero-order valence-corrected chi connectivity index (χ0v) is 11.4. The molecule has 2 unspecified atom stereocenters. The minimum Gasteiger partial charge on any atom is -0.314 e. The third-order valence-electron chi connectivity index (χ3n) is 3.94. The smallest absolute Gasteiger partial charge is 0.0110 e. The fourth-order valence-electron chi connectivity index (χ4n) is 3.09. The van der Waals surface area contributed by atoms with Gasteiger partial charge in [0.1, 0.15) is 0 Å². The Morgan fingerprint density at radius 1 is 1.18 bits per heavy atom. The molecule has 1 heteroatoms. The van der Waals surface area contributed by atoms with E-state index in [4.69, 9.17) is 0 Å². The zero-order chi connectivity index (χ0) is 12.3. The average molecular weight is 231 g/mol. The van der Waals surface area contributed by atoms with Gasteiger partial charge in [0.05, 0.1) is 0 Å². The van der Waals surface area contributed by atoms with Crippen molar-refractivity contribution in [3.05, 3.63) is 34.9 Å². The molecule has 0 aliphatic carbocycles. The van der Waals surface area contributed by atoms with Gasteiger partial charge in [-0.2, -0.15) is 0 Å². The largest absolute Gasteiger partial charge is 0.314 e. The lowest BCUT2D eigenvalue weighted by Gasteiger charge is -2.30. The first kappa shape index (κ1) is 12.6. The van der Waals surface area contributed by atoms with Crippen LogP contribution in [0.1, 0.15) is 42.9 Å². The molecule has 1 saturated heterocycles. The first-order chi connectivity index (χ1) is 8.17. The van der Waals surface area contributed by atoms with Gasteiger partial charge in [0.2, 0.25) is 0 Å². The number of aryl methyl sites for hydroxylation is 2. The lowest BCUT2D eigenvalue weighted by molar-refractivity contribution is 0.294. The fourth-order valence-corrected chi connectivity index (χ4v) is 3.09. The highest BCUT2D eigenvalue weighted by Gasteiger charge is 2.20. The van der Waals surface area contributed by atoms with Gasteiger partial charge < -0.3 is 5.32 Å². The summed E-state index contributed by atoms with van der Waals surface area (Å²) in [4.78, 5) is 0. The molecule has 0 radical (unpaired) electrons. The molecule has 1 nitrogen and oxygen atoms in total. The lowest BCUT2D eigenvalue weighted by atomic mass is 9.87. The maximum atomic E-state index is 3.67. The molecule has 0 bridgehead atoms. The summed E-state index contributed by atoms with van der Waals surface area (Å²) in [5.41, 5.74) is 4.28. The first-order valence-corrected chi connectivity index (χ1v) is 6.98. The van der Waals surface area contributed by atoms with Crippen LogP contribution in [-0.4, -0.2) is 12.6 Å². The van der Waals surface area contributed by atoms with Crippen LogP contribution in [0.3, 0.4) is 0 Å². The van der Waals surface area contributed by atoms with Crippen LogP contribution in [0.4, 0.5) is 0 Å². The average Bonchev–Trinajstić information content (AvgIpc) is 2.28. The Hall–Kier alpha value is -0.820. The molecule has 1 fully saturated rings. The van der Waals surface area contributed by atoms with Crippen LogP contribution in [0.15, 0.2) is 18.2 Å². The van der Waals surface area contributed by atoms with Crippen LogP contribution in [0.2, 0.25) is 0 Å². The van der Waals surface area contributed by atoms with Crippen LogP contribution >= 0.6 is 0 Å². The number of hydrogen-bond acceptors (Lipinski definition) is 1. The highest BCUT2D eigenvalue weighted by molar-refractivity contribution is 5.29. The normalized spacial score (nSPS) is 24.9. The number of hydrogen-bond donors (Lipinski definition) is 1. The van der Waals surface area contributed by atoms with E-state index in [-0.39, 0.29) is 0 Å². The maximum Gasteiger partial charge on any atom is 0.0110 e. The van der Waals surface area contributed by atoms with E-state index in [1.165, 1.54) is 48.9 Å². The molecule has 1 aliphatic heterocycles. The summed E-state index contributed by atoms with van der Waals surface area (Å²) >= 11 is 0. The van der Waals surface area contributed by atoms with Crippen molar-refractivity contribution in [3.8, 4) is 0 Å². The SMILES string of the molecule is CCC1CCNC(Cc2cc(C)cc(C)c2)C1. The van der Waals surface area contributed by atoms with Gasteiger partial charge in [-0.3, -0.25) is 0 Å². The second-order valence-corrected chi connectivity index (χ2v) is 5.65. The minimum atomic E-state index is 0.690. The predicted molar refractivity (Wildman–Crippen MR) is 74.4 cm³/mol. The van der Waals surface area contributed by atoms with Gasteiger partial charge in [-0.1, -0.05) is 42.7 Å². The van der Waals surface area contributed by atoms with Crippen LogP contribution in [0, 0.1) is 19.8 Å². The standard InChI is InChI=1S/C16H25N/c1-4-14-5-6-17-16(10-14)11-15-8-12(2)7-13(3)9-15/h7-9,14,16-17H,4-6,10-11H2,1-3H3. The molecule has 94 valence electrons. The Morgan fingerprint density at radius 3 is 2.53 bits per heavy atom. The highest BCUT2D eigenvalue weighted by atomic mass is 14.9. The van der Waals surface area contributed by atoms with Gasteiger partial charge in [-0.25, -0.2) is 0 Å². The summed E-state index contributed by atoms with van der Waals surface area (Å²) in [5, 5.41) is 3.67. The molecule has 0 saturated carbocycles. The van der Waals surface area contributed by atoms with Crippen molar-refractivity contribution in [1.29, 1.82) is 0 Å². The van der Waals surface area contributed by atoms with E-state index in [9.17, 15) is 0 Å². The Labute approximate surface area is 106 Å². The van der Waals surface area contributed by atoms with Crippen molar-refractivity contribution in [1.82, 2.24) is 5.32 Å². The monoisotopic (exact) mass is 231 g/mol. The van der Waals surface area contributed by atoms with Gasteiger partial charge in [0, 0.05) is 6.04 Å². The van der Waals surface area contributed by atoms with Crippen molar-refractivity contribution in [3.63, 3.8) is 0 Å². The van der Waals surface area contributed by atoms with Crippen LogP contribution in [-0.2, 0) is 6.42 Å². The van der Waals surface area contributed by atoms with Crippen molar-refractivity contribution in [2.45, 2.75) is 52.5 Å². The molecule has 1 N–H and O–H groups in total. The van der Waals surface area contributed by atoms with E-state index >= 15 is 0 Å². The molecule has 1 heterocycles. The summed E-state index contributed by atoms with van der Waals surface area (Å²) < 4.78 is 0. The molecule has 17 heavy (non-hydrogen) atoms. The Balaban J connectivity index is 2.00. The van der Waals surface area contributed by atoms with Crippen molar-refractivity contribution >= 4 is 0 Å². The number of nitrogens with one attached hydrogen (secondary N) is 1. The first-order valence-electron chi connectivity index (χ1n) is 6.98.